The first kappa shape index (κ1) is 21.7. The van der Waals surface area contributed by atoms with Gasteiger partial charge >= 0.3 is 0 Å². The fourth-order valence-electron chi connectivity index (χ4n) is 1.81. The van der Waals surface area contributed by atoms with Crippen LogP contribution in [-0.2, 0) is 0 Å². The summed E-state index contributed by atoms with van der Waals surface area (Å²) >= 11 is 0. The van der Waals surface area contributed by atoms with E-state index >= 15 is 0 Å². The minimum Gasteiger partial charge on any atom is -0.277 e. The Labute approximate surface area is 171 Å². The van der Waals surface area contributed by atoms with Crippen LogP contribution < -0.4 is 32.8 Å². The molecule has 2 aromatic rings. The molecule has 2 rings (SSSR count). The molecule has 134 valence electrons. The number of hydrogen-bond donors (Lipinski definition) is 6. The first-order valence-corrected chi connectivity index (χ1v) is 8.97. The molecule has 8 N–H and O–H groups in total. The zero-order valence-electron chi connectivity index (χ0n) is 13.0. The first-order chi connectivity index (χ1) is 11.7. The van der Waals surface area contributed by atoms with Crippen molar-refractivity contribution >= 4 is 67.3 Å². The molecule has 0 bridgehead atoms. The van der Waals surface area contributed by atoms with E-state index in [-0.39, 0.29) is 34.3 Å². The summed E-state index contributed by atoms with van der Waals surface area (Å²) in [4.78, 5) is 0. The largest absolute Gasteiger partial charge is 0.277 e. The van der Waals surface area contributed by atoms with Crippen LogP contribution in [0.4, 0.5) is 11.4 Å². The lowest BCUT2D eigenvalue weighted by Gasteiger charge is -2.24. The van der Waals surface area contributed by atoms with Gasteiger partial charge in [-0.2, -0.15) is 11.1 Å². The Kier molecular flexibility index (Phi) is 9.81. The zero-order valence-corrected chi connectivity index (χ0v) is 17.0. The number of hydrazine groups is 4. The highest BCUT2D eigenvalue weighted by molar-refractivity contribution is 14.0. The van der Waals surface area contributed by atoms with E-state index in [1.54, 1.807) is 0 Å². The third-order valence-corrected chi connectivity index (χ3v) is 4.85. The predicted molar refractivity (Wildman–Crippen MR) is 119 cm³/mol. The lowest BCUT2D eigenvalue weighted by Crippen LogP contribution is -2.47. The van der Waals surface area contributed by atoms with Crippen LogP contribution in [0.25, 0.3) is 0 Å². The molecule has 0 aliphatic rings. The Morgan fingerprint density at radius 1 is 0.720 bits per heavy atom. The van der Waals surface area contributed by atoms with Crippen molar-refractivity contribution in [1.82, 2.24) is 11.1 Å². The second-order valence-corrected chi connectivity index (χ2v) is 6.48. The van der Waals surface area contributed by atoms with Crippen LogP contribution in [0.5, 0.6) is 0 Å². The maximum Gasteiger partial charge on any atom is 0.188 e. The molecule has 0 saturated carbocycles. The van der Waals surface area contributed by atoms with Crippen molar-refractivity contribution in [2.24, 2.45) is 11.7 Å². The van der Waals surface area contributed by atoms with E-state index in [2.05, 4.69) is 11.1 Å². The molecule has 0 atom stereocenters. The molecule has 11 heteroatoms. The average molecular weight is 490 g/mol. The Morgan fingerprint density at radius 3 is 1.32 bits per heavy atom. The summed E-state index contributed by atoms with van der Waals surface area (Å²) in [6.45, 7) is 0. The van der Waals surface area contributed by atoms with Crippen molar-refractivity contribution in [3.8, 4) is 0 Å². The van der Waals surface area contributed by atoms with Gasteiger partial charge in [-0.05, 0) is 45.9 Å². The standard InChI is InChI=1S/C14H18N8S2.HI/c15-13(21(19-17)11-7-3-1-4-8-11)23-24-14(16)22(20-18)12-9-5-2-6-10-12;/h1-10,15-16,19-20H,17-18H2;1H. The van der Waals surface area contributed by atoms with Crippen LogP contribution in [0.15, 0.2) is 60.7 Å². The van der Waals surface area contributed by atoms with Gasteiger partial charge in [0.25, 0.3) is 0 Å². The van der Waals surface area contributed by atoms with Crippen molar-refractivity contribution in [3.05, 3.63) is 60.7 Å². The Morgan fingerprint density at radius 2 is 1.04 bits per heavy atom. The molecule has 0 spiro atoms. The van der Waals surface area contributed by atoms with Crippen molar-refractivity contribution in [2.75, 3.05) is 10.0 Å². The summed E-state index contributed by atoms with van der Waals surface area (Å²) in [5, 5.41) is 19.4. The summed E-state index contributed by atoms with van der Waals surface area (Å²) in [5.74, 6) is 11.0. The molecule has 0 heterocycles. The number of amidine groups is 2. The van der Waals surface area contributed by atoms with Crippen molar-refractivity contribution in [2.45, 2.75) is 0 Å². The van der Waals surface area contributed by atoms with Gasteiger partial charge in [0, 0.05) is 0 Å². The van der Waals surface area contributed by atoms with Crippen LogP contribution in [0.2, 0.25) is 0 Å². The third-order valence-electron chi connectivity index (χ3n) is 2.89. The molecule has 0 aliphatic heterocycles. The molecule has 0 unspecified atom stereocenters. The van der Waals surface area contributed by atoms with Crippen LogP contribution in [-0.4, -0.2) is 10.3 Å². The van der Waals surface area contributed by atoms with Crippen molar-refractivity contribution in [1.29, 1.82) is 10.8 Å². The predicted octanol–water partition coefficient (Wildman–Crippen LogP) is 2.63. The summed E-state index contributed by atoms with van der Waals surface area (Å²) in [6.07, 6.45) is 0. The van der Waals surface area contributed by atoms with Crippen molar-refractivity contribution in [3.63, 3.8) is 0 Å². The Bertz CT molecular complexity index is 614. The van der Waals surface area contributed by atoms with Crippen LogP contribution in [0.3, 0.4) is 0 Å². The molecule has 8 nitrogen and oxygen atoms in total. The summed E-state index contributed by atoms with van der Waals surface area (Å²) in [7, 11) is 2.14. The van der Waals surface area contributed by atoms with Crippen LogP contribution >= 0.6 is 45.6 Å². The number of nitrogens with two attached hydrogens (primary N) is 2. The van der Waals surface area contributed by atoms with Gasteiger partial charge in [0.1, 0.15) is 0 Å². The van der Waals surface area contributed by atoms with Gasteiger partial charge in [0.15, 0.2) is 10.3 Å². The van der Waals surface area contributed by atoms with E-state index < -0.39 is 0 Å². The van der Waals surface area contributed by atoms with E-state index in [1.807, 2.05) is 60.7 Å². The number of halogens is 1. The van der Waals surface area contributed by atoms with Gasteiger partial charge < -0.3 is 0 Å². The highest BCUT2D eigenvalue weighted by Crippen LogP contribution is 2.29. The minimum atomic E-state index is 0. The molecular weight excluding hydrogens is 471 g/mol. The molecule has 2 aromatic carbocycles. The quantitative estimate of drug-likeness (QED) is 0.0964. The van der Waals surface area contributed by atoms with Gasteiger partial charge in [-0.25, -0.2) is 10.0 Å². The molecule has 0 radical (unpaired) electrons. The molecule has 0 amide bonds. The minimum absolute atomic E-state index is 0. The topological polar surface area (TPSA) is 130 Å². The molecule has 0 fully saturated rings. The second-order valence-electron chi connectivity index (χ2n) is 4.38. The fourth-order valence-corrected chi connectivity index (χ4v) is 3.35. The molecule has 0 saturated heterocycles. The number of para-hydroxylation sites is 2. The van der Waals surface area contributed by atoms with Gasteiger partial charge in [-0.15, -0.1) is 24.0 Å². The number of nitrogens with zero attached hydrogens (tertiary/aromatic N) is 2. The van der Waals surface area contributed by atoms with Gasteiger partial charge in [-0.1, -0.05) is 36.4 Å². The number of hydrogen-bond acceptors (Lipinski definition) is 8. The third kappa shape index (κ3) is 6.14. The SMILES string of the molecule is I.N=C(SSC(=N)N(NN)c1ccccc1)N(NN)c1ccccc1. The normalized spacial score (nSPS) is 9.84. The van der Waals surface area contributed by atoms with E-state index in [4.69, 9.17) is 22.5 Å². The smallest absolute Gasteiger partial charge is 0.188 e. The first-order valence-electron chi connectivity index (χ1n) is 6.82. The molecule has 0 aliphatic carbocycles. The van der Waals surface area contributed by atoms with Crippen molar-refractivity contribution < 1.29 is 0 Å². The van der Waals surface area contributed by atoms with Gasteiger partial charge in [-0.3, -0.25) is 22.5 Å². The summed E-state index contributed by atoms with van der Waals surface area (Å²) in [5.41, 5.74) is 6.38. The highest BCUT2D eigenvalue weighted by atomic mass is 127. The average Bonchev–Trinajstić information content (AvgIpc) is 2.63. The lowest BCUT2D eigenvalue weighted by atomic mass is 10.3. The number of nitrogens with one attached hydrogen (secondary N) is 4. The zero-order chi connectivity index (χ0) is 17.4. The van der Waals surface area contributed by atoms with Crippen LogP contribution in [0.1, 0.15) is 0 Å². The van der Waals surface area contributed by atoms with E-state index in [0.29, 0.717) is 0 Å². The number of anilines is 2. The van der Waals surface area contributed by atoms with E-state index in [1.165, 1.54) is 10.0 Å². The maximum atomic E-state index is 8.14. The summed E-state index contributed by atoms with van der Waals surface area (Å²) in [6, 6.07) is 18.4. The van der Waals surface area contributed by atoms with E-state index in [0.717, 1.165) is 33.0 Å². The lowest BCUT2D eigenvalue weighted by molar-refractivity contribution is 0.779. The Hall–Kier alpha value is -1.35. The second kappa shape index (κ2) is 11.3. The van der Waals surface area contributed by atoms with Gasteiger partial charge in [0.2, 0.25) is 0 Å². The fraction of sp³-hybridized carbons (Fsp3) is 0. The number of rotatable bonds is 4. The molecular formula is C14H19IN8S2. The number of benzene rings is 2. The maximum absolute atomic E-state index is 8.14. The Balaban J connectivity index is 0.00000312. The molecule has 25 heavy (non-hydrogen) atoms. The van der Waals surface area contributed by atoms with Gasteiger partial charge in [0.05, 0.1) is 11.4 Å². The monoisotopic (exact) mass is 490 g/mol. The summed E-state index contributed by atoms with van der Waals surface area (Å²) < 4.78 is 0. The molecule has 0 aromatic heterocycles. The van der Waals surface area contributed by atoms with E-state index in [9.17, 15) is 0 Å². The highest BCUT2D eigenvalue weighted by Gasteiger charge is 2.16. The van der Waals surface area contributed by atoms with Crippen LogP contribution in [0, 0.1) is 10.8 Å².